The van der Waals surface area contributed by atoms with Gasteiger partial charge in [-0.2, -0.15) is 13.2 Å². The van der Waals surface area contributed by atoms with Crippen molar-refractivity contribution in [1.82, 2.24) is 15.4 Å². The molecular weight excluding hydrogens is 297 g/mol. The Bertz CT molecular complexity index is 549. The van der Waals surface area contributed by atoms with Crippen LogP contribution in [0.1, 0.15) is 26.6 Å². The largest absolute Gasteiger partial charge is 0.443 e. The van der Waals surface area contributed by atoms with Crippen LogP contribution in [0.4, 0.5) is 13.2 Å². The predicted molar refractivity (Wildman–Crippen MR) is 67.7 cm³/mol. The standard InChI is InChI=1S/C10H11F3N4S2/c1-5-4-18-8(16-5)2-6(17-14)7-3-15-9(19-7)10(11,12)13/h3-4,6,17H,2,14H2,1H3. The zero-order valence-corrected chi connectivity index (χ0v) is 11.5. The topological polar surface area (TPSA) is 63.8 Å². The van der Waals surface area contributed by atoms with E-state index in [1.807, 2.05) is 12.3 Å². The molecule has 0 amide bonds. The molecule has 19 heavy (non-hydrogen) atoms. The average Bonchev–Trinajstić information content (AvgIpc) is 2.94. The maximum atomic E-state index is 12.5. The Labute approximate surface area is 115 Å². The molecule has 3 N–H and O–H groups in total. The van der Waals surface area contributed by atoms with Gasteiger partial charge in [0, 0.05) is 28.6 Å². The van der Waals surface area contributed by atoms with Gasteiger partial charge in [0.1, 0.15) is 0 Å². The number of rotatable bonds is 4. The first kappa shape index (κ1) is 14.4. The van der Waals surface area contributed by atoms with E-state index < -0.39 is 17.2 Å². The third-order valence-corrected chi connectivity index (χ3v) is 4.50. The lowest BCUT2D eigenvalue weighted by atomic mass is 10.2. The zero-order valence-electron chi connectivity index (χ0n) is 9.86. The Morgan fingerprint density at radius 1 is 1.47 bits per heavy atom. The second-order valence-corrected chi connectivity index (χ2v) is 5.88. The van der Waals surface area contributed by atoms with Crippen molar-refractivity contribution in [3.63, 3.8) is 0 Å². The summed E-state index contributed by atoms with van der Waals surface area (Å²) in [5.41, 5.74) is 3.40. The molecule has 2 rings (SSSR count). The van der Waals surface area contributed by atoms with Crippen LogP contribution in [0.25, 0.3) is 0 Å². The Hall–Kier alpha value is -1.03. The lowest BCUT2D eigenvalue weighted by molar-refractivity contribution is -0.137. The Balaban J connectivity index is 2.15. The molecule has 0 aliphatic rings. The van der Waals surface area contributed by atoms with Crippen LogP contribution in [0.2, 0.25) is 0 Å². The third-order valence-electron chi connectivity index (χ3n) is 2.36. The molecule has 0 bridgehead atoms. The van der Waals surface area contributed by atoms with Gasteiger partial charge in [-0.05, 0) is 6.92 Å². The first-order valence-electron chi connectivity index (χ1n) is 5.30. The maximum absolute atomic E-state index is 12.5. The van der Waals surface area contributed by atoms with Crippen LogP contribution < -0.4 is 11.3 Å². The van der Waals surface area contributed by atoms with Gasteiger partial charge in [0.2, 0.25) is 0 Å². The molecule has 0 saturated heterocycles. The first-order chi connectivity index (χ1) is 8.90. The summed E-state index contributed by atoms with van der Waals surface area (Å²) in [7, 11) is 0. The molecule has 0 aliphatic heterocycles. The van der Waals surface area contributed by atoms with Crippen molar-refractivity contribution in [2.24, 2.45) is 5.84 Å². The van der Waals surface area contributed by atoms with E-state index >= 15 is 0 Å². The lowest BCUT2D eigenvalue weighted by Gasteiger charge is -2.11. The molecule has 0 fully saturated rings. The van der Waals surface area contributed by atoms with Crippen molar-refractivity contribution >= 4 is 22.7 Å². The van der Waals surface area contributed by atoms with Gasteiger partial charge in [-0.3, -0.25) is 11.3 Å². The van der Waals surface area contributed by atoms with Gasteiger partial charge in [-0.1, -0.05) is 0 Å². The summed E-state index contributed by atoms with van der Waals surface area (Å²) in [6, 6.07) is -0.417. The third kappa shape index (κ3) is 3.50. The zero-order chi connectivity index (χ0) is 14.0. The number of nitrogens with two attached hydrogens (primary N) is 1. The van der Waals surface area contributed by atoms with Crippen molar-refractivity contribution in [1.29, 1.82) is 0 Å². The minimum Gasteiger partial charge on any atom is -0.271 e. The number of hydrogen-bond donors (Lipinski definition) is 2. The number of alkyl halides is 3. The Morgan fingerprint density at radius 3 is 2.68 bits per heavy atom. The summed E-state index contributed by atoms with van der Waals surface area (Å²) < 4.78 is 37.5. The molecule has 4 nitrogen and oxygen atoms in total. The second-order valence-electron chi connectivity index (χ2n) is 3.87. The number of hydrogen-bond acceptors (Lipinski definition) is 6. The van der Waals surface area contributed by atoms with Crippen molar-refractivity contribution < 1.29 is 13.2 Å². The van der Waals surface area contributed by atoms with Crippen LogP contribution in [-0.4, -0.2) is 9.97 Å². The highest BCUT2D eigenvalue weighted by Gasteiger charge is 2.35. The molecule has 0 aromatic carbocycles. The molecule has 0 radical (unpaired) electrons. The molecule has 2 aromatic heterocycles. The fourth-order valence-electron chi connectivity index (χ4n) is 1.49. The van der Waals surface area contributed by atoms with Gasteiger partial charge in [-0.25, -0.2) is 9.97 Å². The number of nitrogens with zero attached hydrogens (tertiary/aromatic N) is 2. The van der Waals surface area contributed by atoms with E-state index in [1.54, 1.807) is 0 Å². The second kappa shape index (κ2) is 5.53. The smallest absolute Gasteiger partial charge is 0.271 e. The Morgan fingerprint density at radius 2 is 2.21 bits per heavy atom. The quantitative estimate of drug-likeness (QED) is 0.673. The summed E-state index contributed by atoms with van der Waals surface area (Å²) in [4.78, 5) is 8.10. The van der Waals surface area contributed by atoms with Gasteiger partial charge in [0.05, 0.1) is 11.0 Å². The van der Waals surface area contributed by atoms with E-state index in [2.05, 4.69) is 15.4 Å². The van der Waals surface area contributed by atoms with E-state index in [4.69, 9.17) is 5.84 Å². The van der Waals surface area contributed by atoms with Crippen molar-refractivity contribution in [2.45, 2.75) is 25.6 Å². The summed E-state index contributed by atoms with van der Waals surface area (Å²) in [5, 5.41) is 1.84. The molecule has 104 valence electrons. The summed E-state index contributed by atoms with van der Waals surface area (Å²) >= 11 is 2.05. The lowest BCUT2D eigenvalue weighted by Crippen LogP contribution is -2.28. The number of aromatic nitrogens is 2. The monoisotopic (exact) mass is 308 g/mol. The number of halogens is 3. The normalized spacial score (nSPS) is 13.7. The molecule has 1 atom stereocenters. The number of hydrazine groups is 1. The van der Waals surface area contributed by atoms with Crippen molar-refractivity contribution in [3.8, 4) is 0 Å². The van der Waals surface area contributed by atoms with Crippen molar-refractivity contribution in [3.05, 3.63) is 32.2 Å². The van der Waals surface area contributed by atoms with E-state index in [0.29, 0.717) is 22.6 Å². The summed E-state index contributed by atoms with van der Waals surface area (Å²) in [5.74, 6) is 5.40. The molecular formula is C10H11F3N4S2. The first-order valence-corrected chi connectivity index (χ1v) is 7.00. The average molecular weight is 308 g/mol. The van der Waals surface area contributed by atoms with Crippen LogP contribution >= 0.6 is 22.7 Å². The fourth-order valence-corrected chi connectivity index (χ4v) is 3.15. The molecule has 0 aliphatic carbocycles. The molecule has 0 saturated carbocycles. The summed E-state index contributed by atoms with van der Waals surface area (Å²) in [6.07, 6.45) is -2.77. The number of aryl methyl sites for hydroxylation is 1. The van der Waals surface area contributed by atoms with Crippen LogP contribution in [-0.2, 0) is 12.6 Å². The van der Waals surface area contributed by atoms with Crippen molar-refractivity contribution in [2.75, 3.05) is 0 Å². The van der Waals surface area contributed by atoms with Crippen LogP contribution in [0.3, 0.4) is 0 Å². The van der Waals surface area contributed by atoms with Gasteiger partial charge in [-0.15, -0.1) is 22.7 Å². The number of nitrogens with one attached hydrogen (secondary N) is 1. The minimum absolute atomic E-state index is 0.417. The van der Waals surface area contributed by atoms with E-state index in [9.17, 15) is 13.2 Å². The van der Waals surface area contributed by atoms with Gasteiger partial charge < -0.3 is 0 Å². The van der Waals surface area contributed by atoms with E-state index in [-0.39, 0.29) is 0 Å². The van der Waals surface area contributed by atoms with Crippen LogP contribution in [0.5, 0.6) is 0 Å². The highest BCUT2D eigenvalue weighted by molar-refractivity contribution is 7.11. The van der Waals surface area contributed by atoms with Gasteiger partial charge in [0.15, 0.2) is 5.01 Å². The predicted octanol–water partition coefficient (Wildman–Crippen LogP) is 2.67. The maximum Gasteiger partial charge on any atom is 0.443 e. The highest BCUT2D eigenvalue weighted by Crippen LogP contribution is 2.35. The molecule has 9 heteroatoms. The minimum atomic E-state index is -4.42. The fraction of sp³-hybridized carbons (Fsp3) is 0.400. The highest BCUT2D eigenvalue weighted by atomic mass is 32.1. The van der Waals surface area contributed by atoms with Gasteiger partial charge in [0.25, 0.3) is 0 Å². The molecule has 1 unspecified atom stereocenters. The van der Waals surface area contributed by atoms with Crippen LogP contribution in [0.15, 0.2) is 11.6 Å². The summed E-state index contributed by atoms with van der Waals surface area (Å²) in [6.45, 7) is 1.86. The molecule has 2 heterocycles. The number of thiazole rings is 2. The van der Waals surface area contributed by atoms with E-state index in [0.717, 1.165) is 10.7 Å². The molecule has 2 aromatic rings. The van der Waals surface area contributed by atoms with E-state index in [1.165, 1.54) is 17.5 Å². The Kier molecular flexibility index (Phi) is 4.19. The molecule has 0 spiro atoms. The SMILES string of the molecule is Cc1csc(CC(NN)c2cnc(C(F)(F)F)s2)n1. The van der Waals surface area contributed by atoms with Crippen LogP contribution in [0, 0.1) is 6.92 Å². The van der Waals surface area contributed by atoms with Gasteiger partial charge >= 0.3 is 6.18 Å².